The Kier molecular flexibility index (Phi) is 6.63. The minimum absolute atomic E-state index is 0.167. The summed E-state index contributed by atoms with van der Waals surface area (Å²) in [6.45, 7) is 5.90. The van der Waals surface area contributed by atoms with Crippen molar-refractivity contribution in [3.8, 4) is 5.75 Å². The molecular formula is C20H28N2O. The zero-order valence-electron chi connectivity index (χ0n) is 14.1. The summed E-state index contributed by atoms with van der Waals surface area (Å²) in [6, 6.07) is 16.3. The second kappa shape index (κ2) is 8.70. The molecule has 1 atom stereocenters. The quantitative estimate of drug-likeness (QED) is 0.653. The van der Waals surface area contributed by atoms with Crippen LogP contribution in [-0.2, 0) is 13.0 Å². The van der Waals surface area contributed by atoms with Crippen molar-refractivity contribution in [1.82, 2.24) is 5.32 Å². The molecule has 0 spiro atoms. The van der Waals surface area contributed by atoms with Crippen LogP contribution >= 0.6 is 0 Å². The maximum atomic E-state index is 9.80. The third-order valence-electron chi connectivity index (χ3n) is 4.03. The molecule has 0 saturated carbocycles. The van der Waals surface area contributed by atoms with Gasteiger partial charge in [0, 0.05) is 12.6 Å². The van der Waals surface area contributed by atoms with Gasteiger partial charge in [0.05, 0.1) is 0 Å². The summed E-state index contributed by atoms with van der Waals surface area (Å²) in [4.78, 5) is 0. The van der Waals surface area contributed by atoms with Crippen molar-refractivity contribution in [3.63, 3.8) is 0 Å². The van der Waals surface area contributed by atoms with E-state index in [1.165, 1.54) is 11.1 Å². The summed E-state index contributed by atoms with van der Waals surface area (Å²) in [5.41, 5.74) is 9.76. The first kappa shape index (κ1) is 17.5. The molecule has 2 aromatic rings. The predicted octanol–water partition coefficient (Wildman–Crippen LogP) is 3.57. The van der Waals surface area contributed by atoms with Gasteiger partial charge in [-0.15, -0.1) is 0 Å². The summed E-state index contributed by atoms with van der Waals surface area (Å²) < 4.78 is 0. The fourth-order valence-electron chi connectivity index (χ4n) is 2.67. The lowest BCUT2D eigenvalue weighted by atomic mass is 10.0. The average Bonchev–Trinajstić information content (AvgIpc) is 2.52. The molecule has 2 rings (SSSR count). The molecule has 0 unspecified atom stereocenters. The number of rotatable bonds is 8. The number of phenols is 1. The molecule has 2 aromatic carbocycles. The summed E-state index contributed by atoms with van der Waals surface area (Å²) in [6.07, 6.45) is 1.84. The normalized spacial score (nSPS) is 12.5. The topological polar surface area (TPSA) is 58.3 Å². The Morgan fingerprint density at radius 1 is 1.04 bits per heavy atom. The van der Waals surface area contributed by atoms with Crippen LogP contribution in [0.3, 0.4) is 0 Å². The predicted molar refractivity (Wildman–Crippen MR) is 96.6 cm³/mol. The van der Waals surface area contributed by atoms with E-state index in [1.807, 2.05) is 18.2 Å². The number of hydrogen-bond donors (Lipinski definition) is 3. The molecule has 0 saturated heterocycles. The van der Waals surface area contributed by atoms with Gasteiger partial charge in [-0.3, -0.25) is 0 Å². The van der Waals surface area contributed by atoms with Crippen LogP contribution in [0.1, 0.15) is 42.9 Å². The van der Waals surface area contributed by atoms with Gasteiger partial charge in [-0.2, -0.15) is 0 Å². The minimum atomic E-state index is 0.167. The van der Waals surface area contributed by atoms with E-state index in [0.717, 1.165) is 31.5 Å². The maximum Gasteiger partial charge on any atom is 0.116 e. The highest BCUT2D eigenvalue weighted by Crippen LogP contribution is 2.22. The molecular weight excluding hydrogens is 284 g/mol. The van der Waals surface area contributed by atoms with Crippen LogP contribution in [0, 0.1) is 0 Å². The van der Waals surface area contributed by atoms with Crippen molar-refractivity contribution in [2.24, 2.45) is 5.73 Å². The highest BCUT2D eigenvalue weighted by molar-refractivity contribution is 5.35. The molecule has 23 heavy (non-hydrogen) atoms. The van der Waals surface area contributed by atoms with E-state index in [9.17, 15) is 5.11 Å². The molecule has 0 amide bonds. The second-order valence-corrected chi connectivity index (χ2v) is 6.50. The van der Waals surface area contributed by atoms with Crippen LogP contribution in [0.4, 0.5) is 0 Å². The number of nitrogens with one attached hydrogen (secondary N) is 1. The van der Waals surface area contributed by atoms with Gasteiger partial charge in [-0.05, 0) is 54.1 Å². The SMILES string of the molecule is CC(C)c1cc(O)cc(CNCC[C@@H](N)Cc2ccccc2)c1. The van der Waals surface area contributed by atoms with Crippen molar-refractivity contribution in [2.45, 2.75) is 45.2 Å². The fourth-order valence-corrected chi connectivity index (χ4v) is 2.67. The van der Waals surface area contributed by atoms with Gasteiger partial charge in [-0.1, -0.05) is 50.2 Å². The Bertz CT molecular complexity index is 596. The zero-order chi connectivity index (χ0) is 16.7. The van der Waals surface area contributed by atoms with Gasteiger partial charge in [0.25, 0.3) is 0 Å². The highest BCUT2D eigenvalue weighted by atomic mass is 16.3. The molecule has 0 aliphatic carbocycles. The van der Waals surface area contributed by atoms with E-state index in [2.05, 4.69) is 49.5 Å². The largest absolute Gasteiger partial charge is 0.508 e. The Hall–Kier alpha value is -1.84. The molecule has 124 valence electrons. The van der Waals surface area contributed by atoms with Gasteiger partial charge in [0.1, 0.15) is 5.75 Å². The van der Waals surface area contributed by atoms with Crippen LogP contribution < -0.4 is 11.1 Å². The van der Waals surface area contributed by atoms with Crippen molar-refractivity contribution in [1.29, 1.82) is 0 Å². The smallest absolute Gasteiger partial charge is 0.116 e. The van der Waals surface area contributed by atoms with Gasteiger partial charge < -0.3 is 16.2 Å². The van der Waals surface area contributed by atoms with Gasteiger partial charge in [0.2, 0.25) is 0 Å². The average molecular weight is 312 g/mol. The molecule has 0 fully saturated rings. The van der Waals surface area contributed by atoms with Crippen LogP contribution in [0.25, 0.3) is 0 Å². The van der Waals surface area contributed by atoms with E-state index in [-0.39, 0.29) is 6.04 Å². The summed E-state index contributed by atoms with van der Waals surface area (Å²) in [5.74, 6) is 0.758. The Labute approximate surface area is 139 Å². The molecule has 3 nitrogen and oxygen atoms in total. The van der Waals surface area contributed by atoms with Crippen molar-refractivity contribution >= 4 is 0 Å². The Morgan fingerprint density at radius 3 is 2.48 bits per heavy atom. The molecule has 0 aliphatic rings. The molecule has 0 heterocycles. The van der Waals surface area contributed by atoms with E-state index in [0.29, 0.717) is 11.7 Å². The van der Waals surface area contributed by atoms with Crippen molar-refractivity contribution in [3.05, 3.63) is 65.2 Å². The third-order valence-corrected chi connectivity index (χ3v) is 4.03. The van der Waals surface area contributed by atoms with E-state index in [4.69, 9.17) is 5.73 Å². The van der Waals surface area contributed by atoms with Crippen LogP contribution in [-0.4, -0.2) is 17.7 Å². The first-order valence-electron chi connectivity index (χ1n) is 8.37. The monoisotopic (exact) mass is 312 g/mol. The van der Waals surface area contributed by atoms with Gasteiger partial charge in [-0.25, -0.2) is 0 Å². The second-order valence-electron chi connectivity index (χ2n) is 6.50. The maximum absolute atomic E-state index is 9.80. The van der Waals surface area contributed by atoms with Crippen molar-refractivity contribution in [2.75, 3.05) is 6.54 Å². The molecule has 3 heteroatoms. The Morgan fingerprint density at radius 2 is 1.78 bits per heavy atom. The third kappa shape index (κ3) is 6.05. The standard InChI is InChI=1S/C20H28N2O/c1-15(2)18-10-17(12-20(23)13-18)14-22-9-8-19(21)11-16-6-4-3-5-7-16/h3-7,10,12-13,15,19,22-23H,8-9,11,14,21H2,1-2H3/t19-/m1/s1. The molecule has 0 radical (unpaired) electrons. The molecule has 0 bridgehead atoms. The fraction of sp³-hybridized carbons (Fsp3) is 0.400. The minimum Gasteiger partial charge on any atom is -0.508 e. The molecule has 0 aromatic heterocycles. The van der Waals surface area contributed by atoms with Crippen LogP contribution in [0.2, 0.25) is 0 Å². The summed E-state index contributed by atoms with van der Waals surface area (Å²) >= 11 is 0. The number of aromatic hydroxyl groups is 1. The number of phenolic OH excluding ortho intramolecular Hbond substituents is 1. The van der Waals surface area contributed by atoms with Gasteiger partial charge >= 0.3 is 0 Å². The lowest BCUT2D eigenvalue weighted by Gasteiger charge is -2.13. The van der Waals surface area contributed by atoms with E-state index >= 15 is 0 Å². The molecule has 0 aliphatic heterocycles. The Balaban J connectivity index is 1.75. The lowest BCUT2D eigenvalue weighted by molar-refractivity contribution is 0.472. The first-order valence-corrected chi connectivity index (χ1v) is 8.37. The molecule has 4 N–H and O–H groups in total. The summed E-state index contributed by atoms with van der Waals surface area (Å²) in [5, 5.41) is 13.2. The number of nitrogens with two attached hydrogens (primary N) is 1. The van der Waals surface area contributed by atoms with Crippen LogP contribution in [0.5, 0.6) is 5.75 Å². The van der Waals surface area contributed by atoms with E-state index < -0.39 is 0 Å². The van der Waals surface area contributed by atoms with E-state index in [1.54, 1.807) is 0 Å². The van der Waals surface area contributed by atoms with Gasteiger partial charge in [0.15, 0.2) is 0 Å². The van der Waals surface area contributed by atoms with Crippen molar-refractivity contribution < 1.29 is 5.11 Å². The number of benzene rings is 2. The highest BCUT2D eigenvalue weighted by Gasteiger charge is 2.06. The lowest BCUT2D eigenvalue weighted by Crippen LogP contribution is -2.28. The summed E-state index contributed by atoms with van der Waals surface area (Å²) in [7, 11) is 0. The number of hydrogen-bond acceptors (Lipinski definition) is 3. The van der Waals surface area contributed by atoms with Crippen LogP contribution in [0.15, 0.2) is 48.5 Å². The first-order chi connectivity index (χ1) is 11.0. The zero-order valence-corrected chi connectivity index (χ0v) is 14.1.